The standard InChI is InChI=1S/C12H17NOS/c1-2-11(8-12(13)15)14-9-10-6-4-3-5-7-10/h3-7,11H,2,8-9H2,1H3,(H2,13,15). The molecular formula is C12H17NOS. The lowest BCUT2D eigenvalue weighted by atomic mass is 10.2. The zero-order chi connectivity index (χ0) is 11.1. The van der Waals surface area contributed by atoms with E-state index in [-0.39, 0.29) is 6.10 Å². The Hall–Kier alpha value is -0.930. The van der Waals surface area contributed by atoms with Crippen LogP contribution in [0.25, 0.3) is 0 Å². The van der Waals surface area contributed by atoms with Crippen molar-refractivity contribution in [2.45, 2.75) is 32.5 Å². The van der Waals surface area contributed by atoms with Crippen LogP contribution >= 0.6 is 12.2 Å². The molecule has 2 N–H and O–H groups in total. The van der Waals surface area contributed by atoms with Gasteiger partial charge in [-0.25, -0.2) is 0 Å². The molecule has 0 saturated carbocycles. The van der Waals surface area contributed by atoms with Crippen LogP contribution in [0.4, 0.5) is 0 Å². The smallest absolute Gasteiger partial charge is 0.0753 e. The van der Waals surface area contributed by atoms with E-state index in [0.29, 0.717) is 18.0 Å². The van der Waals surface area contributed by atoms with Crippen molar-refractivity contribution in [3.05, 3.63) is 35.9 Å². The highest BCUT2D eigenvalue weighted by Crippen LogP contribution is 2.08. The summed E-state index contributed by atoms with van der Waals surface area (Å²) in [6, 6.07) is 10.1. The minimum absolute atomic E-state index is 0.141. The lowest BCUT2D eigenvalue weighted by Gasteiger charge is -2.15. The molecule has 0 fully saturated rings. The summed E-state index contributed by atoms with van der Waals surface area (Å²) in [6.07, 6.45) is 1.74. The second-order valence-electron chi connectivity index (χ2n) is 3.50. The van der Waals surface area contributed by atoms with Crippen LogP contribution in [0.15, 0.2) is 30.3 Å². The average Bonchev–Trinajstić information content (AvgIpc) is 2.25. The minimum atomic E-state index is 0.141. The molecule has 1 aromatic rings. The Balaban J connectivity index is 2.37. The van der Waals surface area contributed by atoms with E-state index in [1.54, 1.807) is 0 Å². The van der Waals surface area contributed by atoms with Crippen LogP contribution in [0.2, 0.25) is 0 Å². The van der Waals surface area contributed by atoms with Gasteiger partial charge >= 0.3 is 0 Å². The number of thiocarbonyl (C=S) groups is 1. The summed E-state index contributed by atoms with van der Waals surface area (Å²) in [4.78, 5) is 0.523. The summed E-state index contributed by atoms with van der Waals surface area (Å²) < 4.78 is 5.72. The first-order valence-electron chi connectivity index (χ1n) is 5.16. The van der Waals surface area contributed by atoms with Crippen LogP contribution in [0.3, 0.4) is 0 Å². The van der Waals surface area contributed by atoms with E-state index < -0.39 is 0 Å². The van der Waals surface area contributed by atoms with E-state index in [2.05, 4.69) is 6.92 Å². The van der Waals surface area contributed by atoms with Gasteiger partial charge < -0.3 is 10.5 Å². The van der Waals surface area contributed by atoms with E-state index in [0.717, 1.165) is 6.42 Å². The third-order valence-electron chi connectivity index (χ3n) is 2.21. The van der Waals surface area contributed by atoms with Crippen LogP contribution in [-0.4, -0.2) is 11.1 Å². The first-order chi connectivity index (χ1) is 7.22. The van der Waals surface area contributed by atoms with Crippen LogP contribution in [-0.2, 0) is 11.3 Å². The minimum Gasteiger partial charge on any atom is -0.393 e. The molecule has 1 unspecified atom stereocenters. The molecule has 0 radical (unpaired) electrons. The van der Waals surface area contributed by atoms with Gasteiger partial charge in [0.25, 0.3) is 0 Å². The fourth-order valence-electron chi connectivity index (χ4n) is 1.33. The molecule has 2 nitrogen and oxygen atoms in total. The summed E-state index contributed by atoms with van der Waals surface area (Å²) in [7, 11) is 0. The van der Waals surface area contributed by atoms with E-state index in [1.807, 2.05) is 30.3 Å². The summed E-state index contributed by atoms with van der Waals surface area (Å²) in [5, 5.41) is 0. The third-order valence-corrected chi connectivity index (χ3v) is 2.38. The van der Waals surface area contributed by atoms with Crippen molar-refractivity contribution in [2.24, 2.45) is 5.73 Å². The highest BCUT2D eigenvalue weighted by atomic mass is 32.1. The van der Waals surface area contributed by atoms with Gasteiger partial charge in [0.2, 0.25) is 0 Å². The third kappa shape index (κ3) is 4.91. The predicted molar refractivity (Wildman–Crippen MR) is 66.7 cm³/mol. The Morgan fingerprint density at radius 1 is 1.40 bits per heavy atom. The summed E-state index contributed by atoms with van der Waals surface area (Å²) >= 11 is 4.87. The van der Waals surface area contributed by atoms with Crippen LogP contribution in [0.5, 0.6) is 0 Å². The highest BCUT2D eigenvalue weighted by Gasteiger charge is 2.07. The van der Waals surface area contributed by atoms with Crippen molar-refractivity contribution in [3.63, 3.8) is 0 Å². The highest BCUT2D eigenvalue weighted by molar-refractivity contribution is 7.80. The summed E-state index contributed by atoms with van der Waals surface area (Å²) in [5.74, 6) is 0. The van der Waals surface area contributed by atoms with Crippen LogP contribution in [0, 0.1) is 0 Å². The SMILES string of the molecule is CCC(CC(N)=S)OCc1ccccc1. The van der Waals surface area contributed by atoms with Gasteiger partial charge in [-0.15, -0.1) is 0 Å². The van der Waals surface area contributed by atoms with Gasteiger partial charge in [-0.1, -0.05) is 49.5 Å². The van der Waals surface area contributed by atoms with Crippen molar-refractivity contribution in [3.8, 4) is 0 Å². The first kappa shape index (κ1) is 12.1. The zero-order valence-electron chi connectivity index (χ0n) is 8.98. The second-order valence-corrected chi connectivity index (χ2v) is 4.02. The van der Waals surface area contributed by atoms with Gasteiger partial charge in [0, 0.05) is 6.42 Å². The quantitative estimate of drug-likeness (QED) is 0.753. The van der Waals surface area contributed by atoms with Crippen molar-refractivity contribution in [2.75, 3.05) is 0 Å². The lowest BCUT2D eigenvalue weighted by Crippen LogP contribution is -2.20. The molecule has 0 amide bonds. The Bertz CT molecular complexity index is 300. The number of rotatable bonds is 6. The molecule has 0 aliphatic rings. The normalized spacial score (nSPS) is 12.3. The largest absolute Gasteiger partial charge is 0.393 e. The maximum Gasteiger partial charge on any atom is 0.0753 e. The molecule has 0 saturated heterocycles. The molecule has 0 spiro atoms. The number of hydrogen-bond acceptors (Lipinski definition) is 2. The van der Waals surface area contributed by atoms with E-state index in [4.69, 9.17) is 22.7 Å². The monoisotopic (exact) mass is 223 g/mol. The van der Waals surface area contributed by atoms with Gasteiger partial charge in [0.15, 0.2) is 0 Å². The van der Waals surface area contributed by atoms with Crippen molar-refractivity contribution in [1.29, 1.82) is 0 Å². The van der Waals surface area contributed by atoms with E-state index in [1.165, 1.54) is 5.56 Å². The van der Waals surface area contributed by atoms with Crippen LogP contribution in [0.1, 0.15) is 25.3 Å². The van der Waals surface area contributed by atoms with Gasteiger partial charge in [0.1, 0.15) is 0 Å². The molecule has 1 atom stereocenters. The van der Waals surface area contributed by atoms with E-state index >= 15 is 0 Å². The first-order valence-corrected chi connectivity index (χ1v) is 5.57. The van der Waals surface area contributed by atoms with Gasteiger partial charge in [0.05, 0.1) is 17.7 Å². The number of nitrogens with two attached hydrogens (primary N) is 1. The molecule has 0 bridgehead atoms. The van der Waals surface area contributed by atoms with Gasteiger partial charge in [-0.05, 0) is 12.0 Å². The molecule has 0 aliphatic carbocycles. The summed E-state index contributed by atoms with van der Waals surface area (Å²) in [5.41, 5.74) is 6.67. The fraction of sp³-hybridized carbons (Fsp3) is 0.417. The fourth-order valence-corrected chi connectivity index (χ4v) is 1.52. The van der Waals surface area contributed by atoms with Crippen molar-refractivity contribution < 1.29 is 4.74 Å². The molecular weight excluding hydrogens is 206 g/mol. The maximum absolute atomic E-state index is 5.72. The topological polar surface area (TPSA) is 35.2 Å². The number of benzene rings is 1. The lowest BCUT2D eigenvalue weighted by molar-refractivity contribution is 0.0432. The molecule has 0 aromatic heterocycles. The molecule has 0 aliphatic heterocycles. The summed E-state index contributed by atoms with van der Waals surface area (Å²) in [6.45, 7) is 2.70. The molecule has 0 heterocycles. The molecule has 1 rings (SSSR count). The molecule has 15 heavy (non-hydrogen) atoms. The number of ether oxygens (including phenoxy) is 1. The second kappa shape index (κ2) is 6.53. The predicted octanol–water partition coefficient (Wildman–Crippen LogP) is 2.66. The van der Waals surface area contributed by atoms with Crippen LogP contribution < -0.4 is 5.73 Å². The maximum atomic E-state index is 5.72. The zero-order valence-corrected chi connectivity index (χ0v) is 9.80. The van der Waals surface area contributed by atoms with Crippen molar-refractivity contribution >= 4 is 17.2 Å². The Labute approximate surface area is 96.4 Å². The van der Waals surface area contributed by atoms with Gasteiger partial charge in [-0.2, -0.15) is 0 Å². The number of hydrogen-bond donors (Lipinski definition) is 1. The molecule has 82 valence electrons. The molecule has 1 aromatic carbocycles. The average molecular weight is 223 g/mol. The van der Waals surface area contributed by atoms with Crippen molar-refractivity contribution in [1.82, 2.24) is 0 Å². The molecule has 3 heteroatoms. The van der Waals surface area contributed by atoms with Gasteiger partial charge in [-0.3, -0.25) is 0 Å². The van der Waals surface area contributed by atoms with E-state index in [9.17, 15) is 0 Å². The Morgan fingerprint density at radius 3 is 2.60 bits per heavy atom. The Morgan fingerprint density at radius 2 is 2.07 bits per heavy atom. The Kier molecular flexibility index (Phi) is 5.29.